The number of aryl methyl sites for hydroxylation is 1. The number of nitrogens with zero attached hydrogens (tertiary/aromatic N) is 2. The maximum Gasteiger partial charge on any atom is 0.224 e. The second-order valence-electron chi connectivity index (χ2n) is 4.73. The molecule has 1 heterocycles. The number of anilines is 1. The largest absolute Gasteiger partial charge is 0.370 e. The van der Waals surface area contributed by atoms with Gasteiger partial charge in [0.25, 0.3) is 0 Å². The standard InChI is InChI=1S/C12H18ClN3/c1-8(2)6-7-14-11-9-4-3-5-10(9)15-12(13)16-11/h8H,3-7H2,1-2H3,(H,14,15,16). The molecule has 0 saturated heterocycles. The zero-order chi connectivity index (χ0) is 11.5. The summed E-state index contributed by atoms with van der Waals surface area (Å²) in [6, 6.07) is 0. The van der Waals surface area contributed by atoms with E-state index >= 15 is 0 Å². The van der Waals surface area contributed by atoms with Gasteiger partial charge in [0, 0.05) is 12.1 Å². The third kappa shape index (κ3) is 2.64. The molecule has 0 saturated carbocycles. The summed E-state index contributed by atoms with van der Waals surface area (Å²) in [5.74, 6) is 1.66. The highest BCUT2D eigenvalue weighted by Gasteiger charge is 2.18. The third-order valence-corrected chi connectivity index (χ3v) is 3.09. The van der Waals surface area contributed by atoms with Crippen molar-refractivity contribution in [3.63, 3.8) is 0 Å². The van der Waals surface area contributed by atoms with Crippen molar-refractivity contribution in [3.05, 3.63) is 16.5 Å². The van der Waals surface area contributed by atoms with Crippen LogP contribution in [0, 0.1) is 5.92 Å². The summed E-state index contributed by atoms with van der Waals surface area (Å²) < 4.78 is 0. The van der Waals surface area contributed by atoms with E-state index < -0.39 is 0 Å². The molecule has 16 heavy (non-hydrogen) atoms. The molecule has 0 fully saturated rings. The van der Waals surface area contributed by atoms with Gasteiger partial charge >= 0.3 is 0 Å². The summed E-state index contributed by atoms with van der Waals surface area (Å²) >= 11 is 5.91. The van der Waals surface area contributed by atoms with E-state index in [2.05, 4.69) is 29.1 Å². The Bertz CT molecular complexity index is 377. The Morgan fingerprint density at radius 2 is 2.12 bits per heavy atom. The molecular weight excluding hydrogens is 222 g/mol. The zero-order valence-electron chi connectivity index (χ0n) is 9.89. The predicted molar refractivity (Wildman–Crippen MR) is 67.0 cm³/mol. The normalized spacial score (nSPS) is 14.2. The molecule has 0 bridgehead atoms. The molecule has 0 unspecified atom stereocenters. The molecule has 0 amide bonds. The lowest BCUT2D eigenvalue weighted by molar-refractivity contribution is 0.606. The van der Waals surface area contributed by atoms with E-state index in [-0.39, 0.29) is 0 Å². The average Bonchev–Trinajstić information content (AvgIpc) is 2.64. The summed E-state index contributed by atoms with van der Waals surface area (Å²) in [5.41, 5.74) is 2.40. The number of nitrogens with one attached hydrogen (secondary N) is 1. The fourth-order valence-electron chi connectivity index (χ4n) is 2.03. The number of aromatic nitrogens is 2. The van der Waals surface area contributed by atoms with E-state index in [0.29, 0.717) is 11.2 Å². The van der Waals surface area contributed by atoms with Gasteiger partial charge in [-0.25, -0.2) is 9.97 Å². The number of hydrogen-bond donors (Lipinski definition) is 1. The van der Waals surface area contributed by atoms with Crippen molar-refractivity contribution in [2.45, 2.75) is 39.5 Å². The van der Waals surface area contributed by atoms with Gasteiger partial charge in [0.2, 0.25) is 5.28 Å². The van der Waals surface area contributed by atoms with Gasteiger partial charge in [0.1, 0.15) is 5.82 Å². The van der Waals surface area contributed by atoms with Gasteiger partial charge in [0.05, 0.1) is 5.69 Å². The number of fused-ring (bicyclic) bond motifs is 1. The van der Waals surface area contributed by atoms with Crippen molar-refractivity contribution in [1.29, 1.82) is 0 Å². The number of rotatable bonds is 4. The van der Waals surface area contributed by atoms with Gasteiger partial charge < -0.3 is 5.32 Å². The fourth-order valence-corrected chi connectivity index (χ4v) is 2.21. The molecule has 0 spiro atoms. The van der Waals surface area contributed by atoms with Crippen LogP contribution in [0.4, 0.5) is 5.82 Å². The van der Waals surface area contributed by atoms with Crippen LogP contribution in [-0.2, 0) is 12.8 Å². The molecule has 88 valence electrons. The van der Waals surface area contributed by atoms with Crippen molar-refractivity contribution in [1.82, 2.24) is 9.97 Å². The van der Waals surface area contributed by atoms with Crippen molar-refractivity contribution in [3.8, 4) is 0 Å². The zero-order valence-corrected chi connectivity index (χ0v) is 10.6. The molecule has 1 N–H and O–H groups in total. The maximum absolute atomic E-state index is 5.91. The van der Waals surface area contributed by atoms with E-state index in [0.717, 1.165) is 37.3 Å². The van der Waals surface area contributed by atoms with Crippen LogP contribution in [0.15, 0.2) is 0 Å². The number of halogens is 1. The van der Waals surface area contributed by atoms with Gasteiger partial charge in [-0.1, -0.05) is 13.8 Å². The highest BCUT2D eigenvalue weighted by Crippen LogP contribution is 2.27. The third-order valence-electron chi connectivity index (χ3n) is 2.92. The van der Waals surface area contributed by atoms with Crippen molar-refractivity contribution in [2.75, 3.05) is 11.9 Å². The Morgan fingerprint density at radius 1 is 1.31 bits per heavy atom. The first-order valence-corrected chi connectivity index (χ1v) is 6.33. The minimum absolute atomic E-state index is 0.368. The monoisotopic (exact) mass is 239 g/mol. The minimum atomic E-state index is 0.368. The van der Waals surface area contributed by atoms with Gasteiger partial charge in [0.15, 0.2) is 0 Å². The van der Waals surface area contributed by atoms with Gasteiger partial charge in [-0.2, -0.15) is 0 Å². The second-order valence-corrected chi connectivity index (χ2v) is 5.07. The quantitative estimate of drug-likeness (QED) is 0.821. The summed E-state index contributed by atoms with van der Waals surface area (Å²) in [7, 11) is 0. The van der Waals surface area contributed by atoms with E-state index in [1.54, 1.807) is 0 Å². The second kappa shape index (κ2) is 5.00. The maximum atomic E-state index is 5.91. The molecule has 1 aliphatic rings. The predicted octanol–water partition coefficient (Wildman–Crippen LogP) is 3.08. The van der Waals surface area contributed by atoms with Crippen LogP contribution in [0.3, 0.4) is 0 Å². The highest BCUT2D eigenvalue weighted by atomic mass is 35.5. The highest BCUT2D eigenvalue weighted by molar-refractivity contribution is 6.28. The van der Waals surface area contributed by atoms with Crippen LogP contribution in [0.25, 0.3) is 0 Å². The molecule has 1 aromatic rings. The van der Waals surface area contributed by atoms with Crippen LogP contribution in [0.5, 0.6) is 0 Å². The summed E-state index contributed by atoms with van der Waals surface area (Å²) in [5, 5.41) is 3.75. The van der Waals surface area contributed by atoms with Crippen molar-refractivity contribution < 1.29 is 0 Å². The van der Waals surface area contributed by atoms with E-state index in [1.165, 1.54) is 12.0 Å². The fraction of sp³-hybridized carbons (Fsp3) is 0.667. The molecule has 0 atom stereocenters. The van der Waals surface area contributed by atoms with Crippen LogP contribution in [0.1, 0.15) is 37.9 Å². The minimum Gasteiger partial charge on any atom is -0.370 e. The lowest BCUT2D eigenvalue weighted by Gasteiger charge is -2.11. The van der Waals surface area contributed by atoms with Crippen molar-refractivity contribution in [2.24, 2.45) is 5.92 Å². The van der Waals surface area contributed by atoms with Crippen LogP contribution < -0.4 is 5.32 Å². The van der Waals surface area contributed by atoms with Crippen LogP contribution in [0.2, 0.25) is 5.28 Å². The van der Waals surface area contributed by atoms with Gasteiger partial charge in [-0.3, -0.25) is 0 Å². The Hall–Kier alpha value is -0.830. The van der Waals surface area contributed by atoms with E-state index in [9.17, 15) is 0 Å². The van der Waals surface area contributed by atoms with Crippen molar-refractivity contribution >= 4 is 17.4 Å². The summed E-state index contributed by atoms with van der Waals surface area (Å²) in [4.78, 5) is 8.56. The summed E-state index contributed by atoms with van der Waals surface area (Å²) in [6.07, 6.45) is 4.44. The Balaban J connectivity index is 2.08. The number of hydrogen-bond acceptors (Lipinski definition) is 3. The lowest BCUT2D eigenvalue weighted by Crippen LogP contribution is -2.09. The van der Waals surface area contributed by atoms with Crippen LogP contribution >= 0.6 is 11.6 Å². The topological polar surface area (TPSA) is 37.8 Å². The smallest absolute Gasteiger partial charge is 0.224 e. The molecule has 1 aromatic heterocycles. The molecule has 2 rings (SSSR count). The molecule has 3 nitrogen and oxygen atoms in total. The average molecular weight is 240 g/mol. The molecule has 1 aliphatic carbocycles. The molecule has 0 aromatic carbocycles. The molecule has 4 heteroatoms. The Kier molecular flexibility index (Phi) is 3.64. The van der Waals surface area contributed by atoms with Crippen LogP contribution in [-0.4, -0.2) is 16.5 Å². The first-order chi connectivity index (χ1) is 7.66. The molecular formula is C12H18ClN3. The van der Waals surface area contributed by atoms with Gasteiger partial charge in [-0.05, 0) is 43.2 Å². The molecule has 0 aliphatic heterocycles. The summed E-state index contributed by atoms with van der Waals surface area (Å²) in [6.45, 7) is 5.40. The molecule has 0 radical (unpaired) electrons. The van der Waals surface area contributed by atoms with E-state index in [4.69, 9.17) is 11.6 Å². The first kappa shape index (κ1) is 11.6. The first-order valence-electron chi connectivity index (χ1n) is 5.96. The lowest BCUT2D eigenvalue weighted by atomic mass is 10.1. The Labute approximate surface area is 102 Å². The van der Waals surface area contributed by atoms with Gasteiger partial charge in [-0.15, -0.1) is 0 Å². The SMILES string of the molecule is CC(C)CCNc1nc(Cl)nc2c1CCC2. The van der Waals surface area contributed by atoms with E-state index in [1.807, 2.05) is 0 Å². The Morgan fingerprint density at radius 3 is 2.88 bits per heavy atom.